The molecule has 1 atom stereocenters. The van der Waals surface area contributed by atoms with Crippen molar-refractivity contribution in [3.05, 3.63) is 66.0 Å². The first-order valence-corrected chi connectivity index (χ1v) is 8.77. The number of benzene rings is 1. The van der Waals surface area contributed by atoms with E-state index in [0.717, 1.165) is 10.5 Å². The van der Waals surface area contributed by atoms with E-state index in [0.29, 0.717) is 17.1 Å². The summed E-state index contributed by atoms with van der Waals surface area (Å²) in [6, 6.07) is 11.7. The molecule has 0 fully saturated rings. The predicted octanol–water partition coefficient (Wildman–Crippen LogP) is 2.05. The molecule has 2 amide bonds. The number of carbonyl (C=O) groups is 2. The molecular weight excluding hydrogens is 336 g/mol. The molecule has 2 aromatic rings. The normalized spacial score (nSPS) is 11.2. The summed E-state index contributed by atoms with van der Waals surface area (Å²) in [5.41, 5.74) is 1.50. The molecule has 0 radical (unpaired) electrons. The number of nitrogens with one attached hydrogen (secondary N) is 1. The molecule has 128 valence electrons. The van der Waals surface area contributed by atoms with Gasteiger partial charge in [0.1, 0.15) is 6.04 Å². The maximum absolute atomic E-state index is 12.3. The lowest BCUT2D eigenvalue weighted by atomic mass is 10.2. The molecule has 1 heterocycles. The number of amides is 2. The van der Waals surface area contributed by atoms with Crippen molar-refractivity contribution < 1.29 is 9.59 Å². The van der Waals surface area contributed by atoms with Crippen LogP contribution in [-0.2, 0) is 10.5 Å². The van der Waals surface area contributed by atoms with Crippen molar-refractivity contribution in [3.63, 3.8) is 0 Å². The van der Waals surface area contributed by atoms with Crippen LogP contribution < -0.4 is 5.32 Å². The van der Waals surface area contributed by atoms with Crippen LogP contribution in [0, 0.1) is 11.5 Å². The van der Waals surface area contributed by atoms with E-state index in [1.807, 2.05) is 18.2 Å². The first kappa shape index (κ1) is 18.5. The molecule has 0 aliphatic heterocycles. The van der Waals surface area contributed by atoms with E-state index < -0.39 is 11.9 Å². The van der Waals surface area contributed by atoms with E-state index in [1.165, 1.54) is 18.8 Å². The maximum atomic E-state index is 12.3. The smallest absolute Gasteiger partial charge is 0.258 e. The van der Waals surface area contributed by atoms with E-state index in [4.69, 9.17) is 5.26 Å². The largest absolute Gasteiger partial charge is 0.339 e. The zero-order valence-electron chi connectivity index (χ0n) is 13.8. The van der Waals surface area contributed by atoms with E-state index in [1.54, 1.807) is 42.9 Å². The Morgan fingerprint density at radius 2 is 2.04 bits per heavy atom. The number of pyridine rings is 1. The third-order valence-electron chi connectivity index (χ3n) is 3.40. The van der Waals surface area contributed by atoms with Crippen molar-refractivity contribution in [2.45, 2.75) is 11.8 Å². The Kier molecular flexibility index (Phi) is 6.99. The molecule has 1 aromatic heterocycles. The van der Waals surface area contributed by atoms with Gasteiger partial charge in [0.05, 0.1) is 0 Å². The quantitative estimate of drug-likeness (QED) is 0.607. The van der Waals surface area contributed by atoms with Gasteiger partial charge in [0.25, 0.3) is 11.8 Å². The number of carbonyl (C=O) groups excluding carboxylic acids is 2. The van der Waals surface area contributed by atoms with Gasteiger partial charge in [0.15, 0.2) is 6.19 Å². The summed E-state index contributed by atoms with van der Waals surface area (Å²) in [7, 11) is 1.38. The molecule has 1 aromatic carbocycles. The summed E-state index contributed by atoms with van der Waals surface area (Å²) < 4.78 is 0. The molecule has 0 aliphatic carbocycles. The molecule has 0 bridgehead atoms. The Morgan fingerprint density at radius 3 is 2.68 bits per heavy atom. The third-order valence-corrected chi connectivity index (χ3v) is 4.50. The van der Waals surface area contributed by atoms with Crippen LogP contribution >= 0.6 is 11.8 Å². The molecule has 2 rings (SSSR count). The standard InChI is InChI=1S/C18H18N4O2S/c1-22(13-19)18(24)16(12-25-11-14-6-5-9-20-10-14)21-17(23)15-7-3-2-4-8-15/h2-10,16H,11-12H2,1H3,(H,21,23)/t16-/m0/s1. The van der Waals surface area contributed by atoms with Crippen molar-refractivity contribution in [3.8, 4) is 6.19 Å². The van der Waals surface area contributed by atoms with E-state index in [9.17, 15) is 9.59 Å². The van der Waals surface area contributed by atoms with Gasteiger partial charge in [-0.3, -0.25) is 19.5 Å². The van der Waals surface area contributed by atoms with Crippen LogP contribution in [0.2, 0.25) is 0 Å². The molecule has 0 spiro atoms. The molecule has 0 unspecified atom stereocenters. The summed E-state index contributed by atoms with van der Waals surface area (Å²) in [5, 5.41) is 11.7. The number of hydrogen-bond acceptors (Lipinski definition) is 5. The van der Waals surface area contributed by atoms with Gasteiger partial charge in [-0.2, -0.15) is 17.0 Å². The number of thioether (sulfide) groups is 1. The van der Waals surface area contributed by atoms with Gasteiger partial charge >= 0.3 is 0 Å². The Bertz CT molecular complexity index is 747. The van der Waals surface area contributed by atoms with E-state index in [-0.39, 0.29) is 5.91 Å². The van der Waals surface area contributed by atoms with Crippen LogP contribution in [0.5, 0.6) is 0 Å². The molecule has 0 aliphatic rings. The molecule has 1 N–H and O–H groups in total. The minimum atomic E-state index is -0.779. The second kappa shape index (κ2) is 9.45. The molecule has 7 heteroatoms. The van der Waals surface area contributed by atoms with Crippen LogP contribution in [0.25, 0.3) is 0 Å². The number of likely N-dealkylation sites (N-methyl/N-ethyl adjacent to an activating group) is 1. The average molecular weight is 354 g/mol. The van der Waals surface area contributed by atoms with Crippen LogP contribution in [-0.4, -0.2) is 40.5 Å². The summed E-state index contributed by atoms with van der Waals surface area (Å²) in [6.45, 7) is 0. The molecule has 0 saturated carbocycles. The number of hydrogen-bond donors (Lipinski definition) is 1. The summed E-state index contributed by atoms with van der Waals surface area (Å²) in [6.07, 6.45) is 5.23. The monoisotopic (exact) mass is 354 g/mol. The molecule has 0 saturated heterocycles. The highest BCUT2D eigenvalue weighted by Gasteiger charge is 2.24. The second-order valence-electron chi connectivity index (χ2n) is 5.27. The van der Waals surface area contributed by atoms with Crippen molar-refractivity contribution in [2.75, 3.05) is 12.8 Å². The topological polar surface area (TPSA) is 86.1 Å². The minimum absolute atomic E-state index is 0.340. The fourth-order valence-electron chi connectivity index (χ4n) is 2.07. The summed E-state index contributed by atoms with van der Waals surface area (Å²) >= 11 is 1.50. The van der Waals surface area contributed by atoms with Gasteiger partial charge in [-0.25, -0.2) is 0 Å². The first-order chi connectivity index (χ1) is 12.1. The molecule has 25 heavy (non-hydrogen) atoms. The van der Waals surface area contributed by atoms with E-state index in [2.05, 4.69) is 10.3 Å². The van der Waals surface area contributed by atoms with Gasteiger partial charge in [-0.1, -0.05) is 24.3 Å². The Labute approximate surface area is 150 Å². The lowest BCUT2D eigenvalue weighted by Gasteiger charge is -2.20. The number of aromatic nitrogens is 1. The van der Waals surface area contributed by atoms with Gasteiger partial charge in [0.2, 0.25) is 0 Å². The van der Waals surface area contributed by atoms with Crippen LogP contribution in [0.3, 0.4) is 0 Å². The number of rotatable bonds is 7. The highest BCUT2D eigenvalue weighted by atomic mass is 32.2. The molecule has 6 nitrogen and oxygen atoms in total. The lowest BCUT2D eigenvalue weighted by Crippen LogP contribution is -2.47. The third kappa shape index (κ3) is 5.62. The van der Waals surface area contributed by atoms with Crippen molar-refractivity contribution in [1.82, 2.24) is 15.2 Å². The number of nitriles is 1. The summed E-state index contributed by atoms with van der Waals surface area (Å²) in [5.74, 6) is 0.241. The minimum Gasteiger partial charge on any atom is -0.339 e. The van der Waals surface area contributed by atoms with Gasteiger partial charge < -0.3 is 5.32 Å². The SMILES string of the molecule is CN(C#N)C(=O)[C@H](CSCc1cccnc1)NC(=O)c1ccccc1. The van der Waals surface area contributed by atoms with Crippen molar-refractivity contribution >= 4 is 23.6 Å². The van der Waals surface area contributed by atoms with Gasteiger partial charge in [-0.05, 0) is 23.8 Å². The maximum Gasteiger partial charge on any atom is 0.258 e. The Morgan fingerprint density at radius 1 is 1.28 bits per heavy atom. The zero-order valence-corrected chi connectivity index (χ0v) is 14.6. The zero-order chi connectivity index (χ0) is 18.1. The molecular formula is C18H18N4O2S. The highest BCUT2D eigenvalue weighted by Crippen LogP contribution is 2.13. The van der Waals surface area contributed by atoms with Gasteiger partial charge in [-0.15, -0.1) is 0 Å². The fraction of sp³-hybridized carbons (Fsp3) is 0.222. The second-order valence-corrected chi connectivity index (χ2v) is 6.30. The van der Waals surface area contributed by atoms with Crippen LogP contribution in [0.15, 0.2) is 54.9 Å². The highest BCUT2D eigenvalue weighted by molar-refractivity contribution is 7.98. The number of nitrogens with zero attached hydrogens (tertiary/aromatic N) is 3. The summed E-state index contributed by atoms with van der Waals surface area (Å²) in [4.78, 5) is 29.6. The predicted molar refractivity (Wildman–Crippen MR) is 96.5 cm³/mol. The lowest BCUT2D eigenvalue weighted by molar-refractivity contribution is -0.128. The van der Waals surface area contributed by atoms with Crippen molar-refractivity contribution in [2.24, 2.45) is 0 Å². The van der Waals surface area contributed by atoms with Crippen LogP contribution in [0.1, 0.15) is 15.9 Å². The van der Waals surface area contributed by atoms with Crippen molar-refractivity contribution in [1.29, 1.82) is 5.26 Å². The van der Waals surface area contributed by atoms with Gasteiger partial charge in [0, 0.05) is 36.5 Å². The Hall–Kier alpha value is -2.85. The fourth-order valence-corrected chi connectivity index (χ4v) is 3.05. The Balaban J connectivity index is 2.01. The first-order valence-electron chi connectivity index (χ1n) is 7.61. The average Bonchev–Trinajstić information content (AvgIpc) is 2.67. The van der Waals surface area contributed by atoms with E-state index >= 15 is 0 Å². The van der Waals surface area contributed by atoms with Crippen LogP contribution in [0.4, 0.5) is 0 Å².